The van der Waals surface area contributed by atoms with Gasteiger partial charge in [0.2, 0.25) is 0 Å². The zero-order valence-electron chi connectivity index (χ0n) is 29.0. The van der Waals surface area contributed by atoms with Crippen LogP contribution in [0.3, 0.4) is 0 Å². The molecule has 3 aliphatic rings. The number of amides is 2. The Bertz CT molecular complexity index is 2370. The SMILES string of the molecule is Cc1cc(C(=O)Nc2ccc(C(=O)N3CCc4cc(-c5nc6cccc(F)c6[nH]5)sc4-c4ccccc43)cc2)c(N2CC3(CCOCC3)C2)nc1C. The minimum Gasteiger partial charge on any atom is -0.381 e. The van der Waals surface area contributed by atoms with Crippen molar-refractivity contribution in [2.45, 2.75) is 33.1 Å². The monoisotopic (exact) mass is 712 g/mol. The van der Waals surface area contributed by atoms with Gasteiger partial charge in [0.25, 0.3) is 11.8 Å². The maximum absolute atomic E-state index is 14.4. The van der Waals surface area contributed by atoms with Gasteiger partial charge in [-0.05, 0) is 98.8 Å². The molecule has 9 rings (SSSR count). The van der Waals surface area contributed by atoms with Gasteiger partial charge in [0.15, 0.2) is 0 Å². The number of imidazole rings is 1. The van der Waals surface area contributed by atoms with Crippen LogP contribution in [0.5, 0.6) is 0 Å². The number of H-pyrrole nitrogens is 1. The van der Waals surface area contributed by atoms with Gasteiger partial charge in [-0.1, -0.05) is 24.3 Å². The molecule has 3 aromatic heterocycles. The van der Waals surface area contributed by atoms with Gasteiger partial charge in [-0.3, -0.25) is 9.59 Å². The third kappa shape index (κ3) is 5.64. The molecule has 2 saturated heterocycles. The fourth-order valence-electron chi connectivity index (χ4n) is 7.72. The summed E-state index contributed by atoms with van der Waals surface area (Å²) in [6.07, 6.45) is 2.71. The highest BCUT2D eigenvalue weighted by Gasteiger charge is 2.45. The van der Waals surface area contributed by atoms with Crippen LogP contribution < -0.4 is 15.1 Å². The number of hydrogen-bond donors (Lipinski definition) is 2. The molecule has 0 unspecified atom stereocenters. The summed E-state index contributed by atoms with van der Waals surface area (Å²) in [5.74, 6) is 0.676. The van der Waals surface area contributed by atoms with E-state index in [0.717, 1.165) is 82.8 Å². The Balaban J connectivity index is 0.934. The molecule has 1 spiro atoms. The molecular weight excluding hydrogens is 676 g/mol. The Labute approximate surface area is 304 Å². The van der Waals surface area contributed by atoms with Crippen molar-refractivity contribution in [3.8, 4) is 21.1 Å². The van der Waals surface area contributed by atoms with Gasteiger partial charge in [0.05, 0.1) is 21.6 Å². The molecule has 0 saturated carbocycles. The van der Waals surface area contributed by atoms with E-state index >= 15 is 0 Å². The lowest BCUT2D eigenvalue weighted by molar-refractivity contribution is -0.000519. The molecule has 262 valence electrons. The minimum atomic E-state index is -0.331. The summed E-state index contributed by atoms with van der Waals surface area (Å²) in [7, 11) is 0. The molecular formula is C41H37FN6O3S. The van der Waals surface area contributed by atoms with Crippen LogP contribution in [0.1, 0.15) is 50.4 Å². The number of thiophene rings is 1. The highest BCUT2D eigenvalue weighted by atomic mass is 32.1. The summed E-state index contributed by atoms with van der Waals surface area (Å²) in [5, 5.41) is 3.05. The molecule has 0 bridgehead atoms. The average Bonchev–Trinajstić information content (AvgIpc) is 3.75. The molecule has 6 heterocycles. The number of hydrogen-bond acceptors (Lipinski definition) is 7. The number of anilines is 3. The number of halogens is 1. The Morgan fingerprint density at radius 3 is 2.54 bits per heavy atom. The van der Waals surface area contributed by atoms with E-state index in [1.165, 1.54) is 6.07 Å². The molecule has 2 N–H and O–H groups in total. The Morgan fingerprint density at radius 2 is 1.75 bits per heavy atom. The number of ether oxygens (including phenoxy) is 1. The molecule has 3 aliphatic heterocycles. The smallest absolute Gasteiger partial charge is 0.259 e. The van der Waals surface area contributed by atoms with E-state index < -0.39 is 0 Å². The summed E-state index contributed by atoms with van der Waals surface area (Å²) < 4.78 is 20.0. The van der Waals surface area contributed by atoms with E-state index in [4.69, 9.17) is 9.72 Å². The molecule has 11 heteroatoms. The van der Waals surface area contributed by atoms with E-state index in [0.29, 0.717) is 46.6 Å². The first-order valence-electron chi connectivity index (χ1n) is 17.7. The summed E-state index contributed by atoms with van der Waals surface area (Å²) >= 11 is 1.59. The number of carbonyl (C=O) groups excluding carboxylic acids is 2. The summed E-state index contributed by atoms with van der Waals surface area (Å²) in [6, 6.07) is 23.9. The zero-order chi connectivity index (χ0) is 35.6. The number of nitrogens with zero attached hydrogens (tertiary/aromatic N) is 4. The Morgan fingerprint density at radius 1 is 0.962 bits per heavy atom. The number of rotatable bonds is 5. The van der Waals surface area contributed by atoms with E-state index in [9.17, 15) is 14.0 Å². The van der Waals surface area contributed by atoms with Crippen molar-refractivity contribution >= 4 is 51.4 Å². The van der Waals surface area contributed by atoms with Crippen LogP contribution >= 0.6 is 11.3 Å². The molecule has 9 nitrogen and oxygen atoms in total. The lowest BCUT2D eigenvalue weighted by Gasteiger charge is -2.53. The zero-order valence-corrected chi connectivity index (χ0v) is 29.8. The topological polar surface area (TPSA) is 103 Å². The fourth-order valence-corrected chi connectivity index (χ4v) is 8.91. The maximum Gasteiger partial charge on any atom is 0.259 e. The molecule has 6 aromatic rings. The lowest BCUT2D eigenvalue weighted by atomic mass is 9.73. The number of aromatic amines is 1. The van der Waals surface area contributed by atoms with Crippen LogP contribution in [0.25, 0.3) is 32.2 Å². The number of aromatic nitrogens is 3. The standard InChI is InChI=1S/C41H37FN6O3S/c1-24-20-30(38(43-25(24)2)47-22-41(23-47)15-18-51-19-16-41)39(49)44-28-12-10-26(11-13-28)40(50)48-17-14-27-21-34(52-36(27)29-6-3-4-9-33(29)48)37-45-32-8-5-7-31(42)35(32)46-37/h3-13,20-21H,14-19,22-23H2,1-2H3,(H,44,49)(H,45,46). The minimum absolute atomic E-state index is 0.117. The van der Waals surface area contributed by atoms with Crippen molar-refractivity contribution in [3.63, 3.8) is 0 Å². The van der Waals surface area contributed by atoms with Crippen molar-refractivity contribution in [1.82, 2.24) is 15.0 Å². The van der Waals surface area contributed by atoms with Crippen LogP contribution in [0.4, 0.5) is 21.6 Å². The van der Waals surface area contributed by atoms with Crippen LogP contribution in [-0.2, 0) is 11.2 Å². The summed E-state index contributed by atoms with van der Waals surface area (Å²) in [4.78, 5) is 46.5. The predicted octanol–water partition coefficient (Wildman–Crippen LogP) is 8.18. The normalized spacial score (nSPS) is 16.3. The van der Waals surface area contributed by atoms with Gasteiger partial charge < -0.3 is 24.8 Å². The number of nitrogens with one attached hydrogen (secondary N) is 2. The van der Waals surface area contributed by atoms with E-state index in [-0.39, 0.29) is 23.0 Å². The Hall–Kier alpha value is -5.39. The van der Waals surface area contributed by atoms with Crippen LogP contribution in [0, 0.1) is 25.1 Å². The third-order valence-corrected chi connectivity index (χ3v) is 12.0. The third-order valence-electron chi connectivity index (χ3n) is 10.8. The highest BCUT2D eigenvalue weighted by Crippen LogP contribution is 2.45. The molecule has 52 heavy (non-hydrogen) atoms. The van der Waals surface area contributed by atoms with Crippen LogP contribution in [0.15, 0.2) is 78.9 Å². The van der Waals surface area contributed by atoms with Crippen LogP contribution in [0.2, 0.25) is 0 Å². The first kappa shape index (κ1) is 32.5. The molecule has 2 fully saturated rings. The summed E-state index contributed by atoms with van der Waals surface area (Å²) in [5.41, 5.74) is 7.69. The number of benzene rings is 3. The number of aryl methyl sites for hydroxylation is 2. The van der Waals surface area contributed by atoms with Crippen molar-refractivity contribution < 1.29 is 18.7 Å². The first-order valence-corrected chi connectivity index (χ1v) is 18.5. The number of pyridine rings is 1. The second-order valence-electron chi connectivity index (χ2n) is 14.2. The number of fused-ring (bicyclic) bond motifs is 4. The van der Waals surface area contributed by atoms with Gasteiger partial charge in [0, 0.05) is 65.6 Å². The predicted molar refractivity (Wildman–Crippen MR) is 203 cm³/mol. The van der Waals surface area contributed by atoms with Gasteiger partial charge >= 0.3 is 0 Å². The quantitative estimate of drug-likeness (QED) is 0.187. The van der Waals surface area contributed by atoms with Crippen molar-refractivity contribution in [1.29, 1.82) is 0 Å². The van der Waals surface area contributed by atoms with E-state index in [2.05, 4.69) is 26.3 Å². The van der Waals surface area contributed by atoms with Gasteiger partial charge in [-0.25, -0.2) is 14.4 Å². The van der Waals surface area contributed by atoms with Crippen molar-refractivity contribution in [2.24, 2.45) is 5.41 Å². The van der Waals surface area contributed by atoms with Crippen LogP contribution in [-0.4, -0.2) is 59.6 Å². The van der Waals surface area contributed by atoms with E-state index in [1.54, 1.807) is 47.7 Å². The first-order chi connectivity index (χ1) is 25.2. The number of para-hydroxylation sites is 2. The molecule has 0 radical (unpaired) electrons. The van der Waals surface area contributed by atoms with Crippen molar-refractivity contribution in [3.05, 3.63) is 113 Å². The molecule has 3 aromatic carbocycles. The Kier molecular flexibility index (Phi) is 7.93. The van der Waals surface area contributed by atoms with Gasteiger partial charge in [-0.15, -0.1) is 11.3 Å². The highest BCUT2D eigenvalue weighted by molar-refractivity contribution is 7.19. The lowest BCUT2D eigenvalue weighted by Crippen LogP contribution is -2.59. The fraction of sp³-hybridized carbons (Fsp3) is 0.268. The largest absolute Gasteiger partial charge is 0.381 e. The van der Waals surface area contributed by atoms with E-state index in [1.807, 2.05) is 49.1 Å². The number of carbonyl (C=O) groups is 2. The molecule has 2 amide bonds. The second-order valence-corrected chi connectivity index (χ2v) is 15.2. The maximum atomic E-state index is 14.4. The average molecular weight is 713 g/mol. The van der Waals surface area contributed by atoms with Gasteiger partial charge in [0.1, 0.15) is 23.0 Å². The van der Waals surface area contributed by atoms with Gasteiger partial charge in [-0.2, -0.15) is 0 Å². The molecule has 0 aliphatic carbocycles. The molecule has 0 atom stereocenters. The van der Waals surface area contributed by atoms with Crippen molar-refractivity contribution in [2.75, 3.05) is 48.0 Å². The summed E-state index contributed by atoms with van der Waals surface area (Å²) in [6.45, 7) is 7.76. The second kappa shape index (κ2) is 12.7.